The minimum atomic E-state index is -0.780. The molecule has 13 heteroatoms. The number of hydrogen-bond donors (Lipinski definition) is 0. The van der Waals surface area contributed by atoms with Crippen LogP contribution in [0.4, 0.5) is 23.8 Å². The monoisotopic (exact) mass is 738 g/mol. The molecule has 9 rings (SSSR count). The van der Waals surface area contributed by atoms with Crippen molar-refractivity contribution in [3.63, 3.8) is 0 Å². The van der Waals surface area contributed by atoms with E-state index in [0.717, 1.165) is 25.9 Å². The zero-order valence-corrected chi connectivity index (χ0v) is 30.7. The topological polar surface area (TPSA) is 93.2 Å². The highest BCUT2D eigenvalue weighted by Crippen LogP contribution is 2.48. The van der Waals surface area contributed by atoms with Gasteiger partial charge in [0, 0.05) is 24.0 Å². The van der Waals surface area contributed by atoms with Gasteiger partial charge >= 0.3 is 12.1 Å². The number of nitrogens with zero attached hydrogens (tertiary/aromatic N) is 6. The van der Waals surface area contributed by atoms with E-state index in [1.54, 1.807) is 24.3 Å². The van der Waals surface area contributed by atoms with Crippen LogP contribution in [-0.4, -0.2) is 92.5 Å². The van der Waals surface area contributed by atoms with Crippen LogP contribution in [-0.2, 0) is 4.74 Å². The molecule has 5 aliphatic rings. The minimum Gasteiger partial charge on any atom is -0.472 e. The number of carbonyl (C=O) groups excluding carboxylic acids is 1. The Labute approximate surface area is 311 Å². The molecule has 54 heavy (non-hydrogen) atoms. The molecular weight excluding hydrogens is 697 g/mol. The largest absolute Gasteiger partial charge is 0.472 e. The van der Waals surface area contributed by atoms with Gasteiger partial charge in [-0.25, -0.2) is 22.9 Å². The predicted molar refractivity (Wildman–Crippen MR) is 197 cm³/mol. The van der Waals surface area contributed by atoms with Gasteiger partial charge in [0.1, 0.15) is 46.5 Å². The van der Waals surface area contributed by atoms with Crippen molar-refractivity contribution in [1.82, 2.24) is 24.8 Å². The molecule has 1 amide bonds. The van der Waals surface area contributed by atoms with Gasteiger partial charge in [-0.3, -0.25) is 9.80 Å². The maximum absolute atomic E-state index is 17.4. The van der Waals surface area contributed by atoms with Crippen molar-refractivity contribution in [2.24, 2.45) is 0 Å². The molecule has 0 saturated carbocycles. The number of rotatable bonds is 4. The van der Waals surface area contributed by atoms with Gasteiger partial charge in [-0.05, 0) is 83.4 Å². The molecule has 2 aromatic carbocycles. The molecule has 1 unspecified atom stereocenters. The fourth-order valence-electron chi connectivity index (χ4n) is 9.66. The van der Waals surface area contributed by atoms with Crippen molar-refractivity contribution in [3.05, 3.63) is 59.4 Å². The van der Waals surface area contributed by atoms with Crippen molar-refractivity contribution >= 4 is 33.6 Å². The van der Waals surface area contributed by atoms with Crippen molar-refractivity contribution < 1.29 is 32.2 Å². The number of carbonyl (C=O) groups is 1. The molecule has 4 aromatic rings. The van der Waals surface area contributed by atoms with Crippen LogP contribution in [0, 0.1) is 24.0 Å². The molecule has 0 spiro atoms. The molecular formula is C41H41F3N6O4. The summed E-state index contributed by atoms with van der Waals surface area (Å²) in [4.78, 5) is 34.2. The molecule has 4 fully saturated rings. The summed E-state index contributed by atoms with van der Waals surface area (Å²) in [5.74, 6) is 1.52. The van der Waals surface area contributed by atoms with E-state index >= 15 is 8.78 Å². The number of anilines is 1. The van der Waals surface area contributed by atoms with E-state index in [-0.39, 0.29) is 58.3 Å². The van der Waals surface area contributed by atoms with Crippen LogP contribution >= 0.6 is 0 Å². The number of fused-ring (bicyclic) bond motifs is 7. The van der Waals surface area contributed by atoms with Crippen molar-refractivity contribution in [1.29, 1.82) is 0 Å². The SMILES string of the molecule is C#Cc1c(F)ccc2cccc(-c3nc4c5c(nc(OCC67CCCN6CCC7=CF)nc5c3F)N3C[C@H]5CC[C@@H]([C@H]3[C@H](C)O4)N5C(=O)OC(C)(C)C)c12. The van der Waals surface area contributed by atoms with Gasteiger partial charge in [-0.15, -0.1) is 6.42 Å². The van der Waals surface area contributed by atoms with Crippen LogP contribution in [0.25, 0.3) is 32.9 Å². The molecule has 2 bridgehead atoms. The summed E-state index contributed by atoms with van der Waals surface area (Å²) in [5, 5.41) is 1.21. The number of terminal acetylenes is 1. The zero-order chi connectivity index (χ0) is 37.7. The lowest BCUT2D eigenvalue weighted by Gasteiger charge is -2.48. The predicted octanol–water partition coefficient (Wildman–Crippen LogP) is 7.31. The number of pyridine rings is 1. The highest BCUT2D eigenvalue weighted by Gasteiger charge is 2.54. The van der Waals surface area contributed by atoms with Crippen LogP contribution in [0.5, 0.6) is 11.9 Å². The third-order valence-corrected chi connectivity index (χ3v) is 11.9. The zero-order valence-electron chi connectivity index (χ0n) is 30.7. The van der Waals surface area contributed by atoms with Crippen LogP contribution in [0.3, 0.4) is 0 Å². The van der Waals surface area contributed by atoms with Crippen LogP contribution in [0.1, 0.15) is 65.4 Å². The molecule has 0 aliphatic carbocycles. The molecule has 10 nitrogen and oxygen atoms in total. The average molecular weight is 739 g/mol. The van der Waals surface area contributed by atoms with Crippen LogP contribution in [0.15, 0.2) is 42.2 Å². The van der Waals surface area contributed by atoms with E-state index in [1.165, 1.54) is 6.07 Å². The molecule has 5 atom stereocenters. The Morgan fingerprint density at radius 1 is 1.13 bits per heavy atom. The lowest BCUT2D eigenvalue weighted by Crippen LogP contribution is -2.65. The van der Waals surface area contributed by atoms with Gasteiger partial charge in [-0.1, -0.05) is 30.2 Å². The standard InChI is InChI=1S/C41H41F3N6O4/c1-6-26-28(43)13-11-23-9-7-10-27(30(23)26)33-32(44)34-31-36(47-38(46-34)52-21-41-16-8-17-48(41)18-15-24(41)19-42)49-20-25-12-14-29(35(49)22(2)53-37(31)45-33)50(25)39(51)54-40(3,4)5/h1,7,9-11,13,19,22,25,29,35H,8,12,14-18,20-21H2,2-5H3/t22-,25+,29-,35+,41?/m0/s1. The number of hydrogen-bond acceptors (Lipinski definition) is 9. The highest BCUT2D eigenvalue weighted by atomic mass is 19.1. The Kier molecular flexibility index (Phi) is 8.01. The number of ether oxygens (including phenoxy) is 3. The summed E-state index contributed by atoms with van der Waals surface area (Å²) >= 11 is 0. The number of halogens is 3. The van der Waals surface area contributed by atoms with E-state index in [1.807, 2.05) is 32.6 Å². The Bertz CT molecular complexity index is 2310. The van der Waals surface area contributed by atoms with E-state index in [2.05, 4.69) is 20.7 Å². The Morgan fingerprint density at radius 2 is 1.96 bits per heavy atom. The molecule has 0 radical (unpaired) electrons. The molecule has 4 saturated heterocycles. The molecule has 2 aromatic heterocycles. The number of aromatic nitrogens is 3. The summed E-state index contributed by atoms with van der Waals surface area (Å²) in [6.07, 6.45) is 9.19. The first-order chi connectivity index (χ1) is 25.9. The summed E-state index contributed by atoms with van der Waals surface area (Å²) in [7, 11) is 0. The first-order valence-electron chi connectivity index (χ1n) is 18.6. The Hall–Kier alpha value is -5.09. The van der Waals surface area contributed by atoms with Gasteiger partial charge in [0.25, 0.3) is 0 Å². The maximum Gasteiger partial charge on any atom is 0.410 e. The van der Waals surface area contributed by atoms with Gasteiger partial charge in [0.15, 0.2) is 5.82 Å². The molecule has 280 valence electrons. The van der Waals surface area contributed by atoms with Gasteiger partial charge in [0.05, 0.1) is 35.6 Å². The second-order valence-electron chi connectivity index (χ2n) is 16.1. The Morgan fingerprint density at radius 3 is 2.74 bits per heavy atom. The van der Waals surface area contributed by atoms with Gasteiger partial charge < -0.3 is 19.1 Å². The minimum absolute atomic E-state index is 0.0130. The van der Waals surface area contributed by atoms with E-state index < -0.39 is 41.0 Å². The number of benzene rings is 2. The fourth-order valence-corrected chi connectivity index (χ4v) is 9.66. The van der Waals surface area contributed by atoms with Gasteiger partial charge in [0.2, 0.25) is 5.88 Å². The molecule has 5 aliphatic heterocycles. The fraction of sp³-hybridized carbons (Fsp3) is 0.463. The first kappa shape index (κ1) is 34.7. The second-order valence-corrected chi connectivity index (χ2v) is 16.1. The summed E-state index contributed by atoms with van der Waals surface area (Å²) in [5.41, 5.74) is -0.601. The second kappa shape index (κ2) is 12.5. The van der Waals surface area contributed by atoms with E-state index in [0.29, 0.717) is 54.3 Å². The highest BCUT2D eigenvalue weighted by molar-refractivity contribution is 6.03. The summed E-state index contributed by atoms with van der Waals surface area (Å²) < 4.78 is 65.7. The van der Waals surface area contributed by atoms with Gasteiger partial charge in [-0.2, -0.15) is 9.97 Å². The number of amides is 1. The summed E-state index contributed by atoms with van der Waals surface area (Å²) in [6, 6.07) is 7.04. The first-order valence-corrected chi connectivity index (χ1v) is 18.6. The van der Waals surface area contributed by atoms with Crippen molar-refractivity contribution in [3.8, 4) is 35.5 Å². The van der Waals surface area contributed by atoms with E-state index in [4.69, 9.17) is 30.6 Å². The lowest BCUT2D eigenvalue weighted by molar-refractivity contribution is 0.000937. The third kappa shape index (κ3) is 5.20. The number of piperazine rings is 1. The quantitative estimate of drug-likeness (QED) is 0.200. The normalized spacial score (nSPS) is 26.8. The average Bonchev–Trinajstić information content (AvgIpc) is 3.78. The third-order valence-electron chi connectivity index (χ3n) is 11.9. The Balaban J connectivity index is 1.22. The maximum atomic E-state index is 17.4. The molecule has 7 heterocycles. The lowest BCUT2D eigenvalue weighted by atomic mass is 9.90. The van der Waals surface area contributed by atoms with Crippen molar-refractivity contribution in [2.75, 3.05) is 31.1 Å². The van der Waals surface area contributed by atoms with E-state index in [9.17, 15) is 9.18 Å². The van der Waals surface area contributed by atoms with Crippen LogP contribution < -0.4 is 14.4 Å². The smallest absolute Gasteiger partial charge is 0.410 e. The summed E-state index contributed by atoms with van der Waals surface area (Å²) in [6.45, 7) is 9.44. The molecule has 0 N–H and O–H groups in total. The van der Waals surface area contributed by atoms with Crippen LogP contribution in [0.2, 0.25) is 0 Å². The van der Waals surface area contributed by atoms with Crippen molar-refractivity contribution in [2.45, 2.75) is 95.2 Å².